The molecule has 126 valence electrons. The largest absolute Gasteiger partial charge is 0.480 e. The highest BCUT2D eigenvalue weighted by Gasteiger charge is 2.44. The molecule has 24 heavy (non-hydrogen) atoms. The number of fused-ring (bicyclic) bond motifs is 1. The Hall–Kier alpha value is -2.34. The van der Waals surface area contributed by atoms with Crippen molar-refractivity contribution in [3.8, 4) is 0 Å². The van der Waals surface area contributed by atoms with E-state index in [4.69, 9.17) is 5.11 Å². The van der Waals surface area contributed by atoms with Crippen LogP contribution >= 0.6 is 0 Å². The van der Waals surface area contributed by atoms with Crippen LogP contribution in [0.2, 0.25) is 0 Å². The van der Waals surface area contributed by atoms with Gasteiger partial charge in [-0.05, 0) is 30.7 Å². The Morgan fingerprint density at radius 2 is 1.96 bits per heavy atom. The number of hydrogen-bond donors (Lipinski definition) is 3. The SMILES string of the molecule is O=C(O)C1CC2(CCN(C(=O)c3c[nH]c4ccccc34)CC2)CN1. The van der Waals surface area contributed by atoms with Crippen LogP contribution in [0.3, 0.4) is 0 Å². The van der Waals surface area contributed by atoms with E-state index in [1.165, 1.54) is 0 Å². The van der Waals surface area contributed by atoms with Crippen LogP contribution in [0.1, 0.15) is 29.6 Å². The highest BCUT2D eigenvalue weighted by molar-refractivity contribution is 6.06. The van der Waals surface area contributed by atoms with Crippen LogP contribution in [0.4, 0.5) is 0 Å². The van der Waals surface area contributed by atoms with Gasteiger partial charge in [-0.3, -0.25) is 9.59 Å². The van der Waals surface area contributed by atoms with Crippen molar-refractivity contribution in [3.05, 3.63) is 36.0 Å². The van der Waals surface area contributed by atoms with E-state index in [1.807, 2.05) is 29.2 Å². The van der Waals surface area contributed by atoms with Gasteiger partial charge in [0.15, 0.2) is 0 Å². The number of aromatic amines is 1. The number of nitrogens with one attached hydrogen (secondary N) is 2. The topological polar surface area (TPSA) is 85.4 Å². The highest BCUT2D eigenvalue weighted by atomic mass is 16.4. The molecule has 2 fully saturated rings. The summed E-state index contributed by atoms with van der Waals surface area (Å²) in [6.07, 6.45) is 4.17. The van der Waals surface area contributed by atoms with Gasteiger partial charge in [0.25, 0.3) is 5.91 Å². The second-order valence-corrected chi connectivity index (χ2v) is 7.02. The first kappa shape index (κ1) is 15.2. The molecule has 3 heterocycles. The zero-order chi connectivity index (χ0) is 16.7. The van der Waals surface area contributed by atoms with E-state index in [-0.39, 0.29) is 11.3 Å². The fraction of sp³-hybridized carbons (Fsp3) is 0.444. The zero-order valence-electron chi connectivity index (χ0n) is 13.4. The summed E-state index contributed by atoms with van der Waals surface area (Å²) in [5.41, 5.74) is 1.72. The van der Waals surface area contributed by atoms with Crippen LogP contribution in [0.25, 0.3) is 10.9 Å². The van der Waals surface area contributed by atoms with Gasteiger partial charge in [0, 0.05) is 36.7 Å². The van der Waals surface area contributed by atoms with E-state index >= 15 is 0 Å². The van der Waals surface area contributed by atoms with Crippen molar-refractivity contribution in [2.24, 2.45) is 5.41 Å². The van der Waals surface area contributed by atoms with Crippen molar-refractivity contribution >= 4 is 22.8 Å². The number of likely N-dealkylation sites (tertiary alicyclic amines) is 1. The smallest absolute Gasteiger partial charge is 0.320 e. The molecule has 1 spiro atoms. The monoisotopic (exact) mass is 327 g/mol. The van der Waals surface area contributed by atoms with Crippen molar-refractivity contribution in [1.82, 2.24) is 15.2 Å². The Kier molecular flexibility index (Phi) is 3.57. The molecular weight excluding hydrogens is 306 g/mol. The van der Waals surface area contributed by atoms with Gasteiger partial charge in [0.1, 0.15) is 6.04 Å². The number of carboxylic acids is 1. The number of amides is 1. The number of aliphatic carboxylic acids is 1. The summed E-state index contributed by atoms with van der Waals surface area (Å²) >= 11 is 0. The van der Waals surface area contributed by atoms with Crippen LogP contribution < -0.4 is 5.32 Å². The molecule has 1 unspecified atom stereocenters. The fourth-order valence-corrected chi connectivity index (χ4v) is 4.08. The third kappa shape index (κ3) is 2.47. The van der Waals surface area contributed by atoms with E-state index in [2.05, 4.69) is 10.3 Å². The number of nitrogens with zero attached hydrogens (tertiary/aromatic N) is 1. The molecule has 0 radical (unpaired) electrons. The minimum Gasteiger partial charge on any atom is -0.480 e. The summed E-state index contributed by atoms with van der Waals surface area (Å²) in [5, 5.41) is 13.2. The minimum atomic E-state index is -0.774. The first-order chi connectivity index (χ1) is 11.6. The van der Waals surface area contributed by atoms with Crippen molar-refractivity contribution in [2.45, 2.75) is 25.3 Å². The Balaban J connectivity index is 1.46. The molecule has 0 saturated carbocycles. The zero-order valence-corrected chi connectivity index (χ0v) is 13.4. The minimum absolute atomic E-state index is 0.0278. The molecule has 2 aliphatic rings. The van der Waals surface area contributed by atoms with Crippen LogP contribution in [0, 0.1) is 5.41 Å². The molecule has 0 bridgehead atoms. The molecule has 2 aliphatic heterocycles. The molecule has 4 rings (SSSR count). The van der Waals surface area contributed by atoms with E-state index in [0.717, 1.165) is 35.9 Å². The number of hydrogen-bond acceptors (Lipinski definition) is 3. The van der Waals surface area contributed by atoms with Gasteiger partial charge in [-0.2, -0.15) is 0 Å². The van der Waals surface area contributed by atoms with Crippen molar-refractivity contribution in [1.29, 1.82) is 0 Å². The predicted molar refractivity (Wildman–Crippen MR) is 89.9 cm³/mol. The molecule has 2 saturated heterocycles. The quantitative estimate of drug-likeness (QED) is 0.786. The van der Waals surface area contributed by atoms with Crippen LogP contribution in [0.15, 0.2) is 30.5 Å². The highest BCUT2D eigenvalue weighted by Crippen LogP contribution is 2.39. The lowest BCUT2D eigenvalue weighted by atomic mass is 9.76. The Morgan fingerprint density at radius 3 is 2.67 bits per heavy atom. The van der Waals surface area contributed by atoms with Gasteiger partial charge in [-0.1, -0.05) is 18.2 Å². The summed E-state index contributed by atoms with van der Waals surface area (Å²) in [6, 6.07) is 7.37. The molecule has 1 amide bonds. The van der Waals surface area contributed by atoms with Crippen molar-refractivity contribution in [3.63, 3.8) is 0 Å². The number of carboxylic acid groups (broad SMARTS) is 1. The first-order valence-electron chi connectivity index (χ1n) is 8.40. The van der Waals surface area contributed by atoms with Gasteiger partial charge < -0.3 is 20.3 Å². The van der Waals surface area contributed by atoms with E-state index in [9.17, 15) is 9.59 Å². The lowest BCUT2D eigenvalue weighted by Crippen LogP contribution is -2.44. The van der Waals surface area contributed by atoms with Gasteiger partial charge in [-0.25, -0.2) is 0 Å². The number of aromatic nitrogens is 1. The molecule has 6 nitrogen and oxygen atoms in total. The van der Waals surface area contributed by atoms with Gasteiger partial charge in [-0.15, -0.1) is 0 Å². The third-order valence-corrected chi connectivity index (χ3v) is 5.59. The molecule has 2 aromatic rings. The third-order valence-electron chi connectivity index (χ3n) is 5.59. The number of H-pyrrole nitrogens is 1. The number of piperidine rings is 1. The van der Waals surface area contributed by atoms with Crippen LogP contribution in [0.5, 0.6) is 0 Å². The second kappa shape index (κ2) is 5.63. The second-order valence-electron chi connectivity index (χ2n) is 7.02. The van der Waals surface area contributed by atoms with E-state index in [1.54, 1.807) is 6.20 Å². The maximum absolute atomic E-state index is 12.8. The molecule has 6 heteroatoms. The van der Waals surface area contributed by atoms with Crippen LogP contribution in [-0.4, -0.2) is 52.5 Å². The average molecular weight is 327 g/mol. The van der Waals surface area contributed by atoms with E-state index < -0.39 is 12.0 Å². The summed E-state index contributed by atoms with van der Waals surface area (Å²) in [5.74, 6) is -0.716. The molecule has 1 atom stereocenters. The number of rotatable bonds is 2. The summed E-state index contributed by atoms with van der Waals surface area (Å²) in [6.45, 7) is 2.11. The molecular formula is C18H21N3O3. The van der Waals surface area contributed by atoms with E-state index in [0.29, 0.717) is 19.5 Å². The van der Waals surface area contributed by atoms with Crippen molar-refractivity contribution in [2.75, 3.05) is 19.6 Å². The Bertz CT molecular complexity index is 790. The number of carbonyl (C=O) groups is 2. The molecule has 0 aliphatic carbocycles. The maximum atomic E-state index is 12.8. The molecule has 1 aromatic heterocycles. The Labute approximate surface area is 139 Å². The van der Waals surface area contributed by atoms with Gasteiger partial charge in [0.05, 0.1) is 5.56 Å². The average Bonchev–Trinajstić information content (AvgIpc) is 3.20. The normalized spacial score (nSPS) is 23.0. The van der Waals surface area contributed by atoms with Crippen molar-refractivity contribution < 1.29 is 14.7 Å². The van der Waals surface area contributed by atoms with Crippen LogP contribution in [-0.2, 0) is 4.79 Å². The van der Waals surface area contributed by atoms with Gasteiger partial charge in [0.2, 0.25) is 0 Å². The first-order valence-corrected chi connectivity index (χ1v) is 8.40. The lowest BCUT2D eigenvalue weighted by Gasteiger charge is -2.38. The standard InChI is InChI=1S/C18H21N3O3/c22-16(13-10-19-14-4-2-1-3-12(13)14)21-7-5-18(6-8-21)9-15(17(23)24)20-11-18/h1-4,10,15,19-20H,5-9,11H2,(H,23,24). The summed E-state index contributed by atoms with van der Waals surface area (Å²) < 4.78 is 0. The fourth-order valence-electron chi connectivity index (χ4n) is 4.08. The maximum Gasteiger partial charge on any atom is 0.320 e. The number of carbonyl (C=O) groups excluding carboxylic acids is 1. The summed E-state index contributed by atoms with van der Waals surface area (Å²) in [7, 11) is 0. The molecule has 1 aromatic carbocycles. The predicted octanol–water partition coefficient (Wildman–Crippen LogP) is 1.84. The van der Waals surface area contributed by atoms with Gasteiger partial charge >= 0.3 is 5.97 Å². The number of benzene rings is 1. The lowest BCUT2D eigenvalue weighted by molar-refractivity contribution is -0.139. The number of para-hydroxylation sites is 1. The molecule has 3 N–H and O–H groups in total. The Morgan fingerprint density at radius 1 is 1.21 bits per heavy atom. The summed E-state index contributed by atoms with van der Waals surface area (Å²) in [4.78, 5) is 29.0.